The van der Waals surface area contributed by atoms with E-state index in [2.05, 4.69) is 10.6 Å². The number of rotatable bonds is 3. The van der Waals surface area contributed by atoms with Gasteiger partial charge in [0.15, 0.2) is 0 Å². The van der Waals surface area contributed by atoms with Crippen molar-refractivity contribution in [2.75, 3.05) is 7.05 Å². The quantitative estimate of drug-likeness (QED) is 0.743. The third-order valence-corrected chi connectivity index (χ3v) is 3.31. The first kappa shape index (κ1) is 11.0. The van der Waals surface area contributed by atoms with Crippen LogP contribution < -0.4 is 10.6 Å². The third-order valence-electron chi connectivity index (χ3n) is 2.31. The number of carboxylic acids is 1. The lowest BCUT2D eigenvalue weighted by Crippen LogP contribution is -2.32. The number of hydrogen-bond donors (Lipinski definition) is 3. The number of benzene rings is 1. The van der Waals surface area contributed by atoms with Crippen LogP contribution in [0.3, 0.4) is 0 Å². The van der Waals surface area contributed by atoms with Gasteiger partial charge in [0.25, 0.3) is 0 Å². The normalized spacial score (nSPS) is 19.1. The van der Waals surface area contributed by atoms with Gasteiger partial charge in [-0.25, -0.2) is 4.79 Å². The van der Waals surface area contributed by atoms with Gasteiger partial charge in [-0.05, 0) is 30.2 Å². The molecule has 1 aliphatic heterocycles. The molecule has 1 unspecified atom stereocenters. The summed E-state index contributed by atoms with van der Waals surface area (Å²) in [6.07, 6.45) is 0. The summed E-state index contributed by atoms with van der Waals surface area (Å²) < 4.78 is 0. The number of hydrogen-bond acceptors (Lipinski definition) is 4. The lowest BCUT2D eigenvalue weighted by Gasteiger charge is -2.11. The SMILES string of the molecule is CNC1NC(c2ccc(C(=O)O)cc2)=CS1. The largest absolute Gasteiger partial charge is 0.478 e. The Bertz CT molecular complexity index is 428. The second kappa shape index (κ2) is 4.59. The molecule has 2 rings (SSSR count). The Morgan fingerprint density at radius 3 is 2.62 bits per heavy atom. The monoisotopic (exact) mass is 236 g/mol. The van der Waals surface area contributed by atoms with Crippen LogP contribution in [0.2, 0.25) is 0 Å². The summed E-state index contributed by atoms with van der Waals surface area (Å²) in [5.74, 6) is -0.901. The zero-order chi connectivity index (χ0) is 11.5. The molecular formula is C11H12N2O2S. The van der Waals surface area contributed by atoms with Crippen LogP contribution in [0.25, 0.3) is 5.70 Å². The molecule has 0 fully saturated rings. The lowest BCUT2D eigenvalue weighted by molar-refractivity contribution is 0.0697. The molecule has 84 valence electrons. The van der Waals surface area contributed by atoms with Gasteiger partial charge >= 0.3 is 5.97 Å². The van der Waals surface area contributed by atoms with Gasteiger partial charge < -0.3 is 10.4 Å². The first-order chi connectivity index (χ1) is 7.70. The Labute approximate surface area is 97.7 Å². The highest BCUT2D eigenvalue weighted by Gasteiger charge is 2.15. The van der Waals surface area contributed by atoms with E-state index < -0.39 is 5.97 Å². The molecule has 1 heterocycles. The van der Waals surface area contributed by atoms with Crippen LogP contribution in [0.4, 0.5) is 0 Å². The average molecular weight is 236 g/mol. The van der Waals surface area contributed by atoms with Gasteiger partial charge in [-0.3, -0.25) is 5.32 Å². The summed E-state index contributed by atoms with van der Waals surface area (Å²) in [6.45, 7) is 0. The first-order valence-corrected chi connectivity index (χ1v) is 5.78. The fourth-order valence-corrected chi connectivity index (χ4v) is 2.24. The number of aromatic carboxylic acids is 1. The second-order valence-corrected chi connectivity index (χ2v) is 4.34. The molecule has 1 aromatic carbocycles. The lowest BCUT2D eigenvalue weighted by atomic mass is 10.1. The molecule has 1 aliphatic rings. The highest BCUT2D eigenvalue weighted by atomic mass is 32.2. The van der Waals surface area contributed by atoms with E-state index in [1.807, 2.05) is 12.5 Å². The minimum absolute atomic E-state index is 0.189. The summed E-state index contributed by atoms with van der Waals surface area (Å²) in [6, 6.07) is 6.83. The van der Waals surface area contributed by atoms with Crippen molar-refractivity contribution in [1.82, 2.24) is 10.6 Å². The van der Waals surface area contributed by atoms with E-state index in [-0.39, 0.29) is 5.50 Å². The van der Waals surface area contributed by atoms with E-state index in [0.717, 1.165) is 11.3 Å². The van der Waals surface area contributed by atoms with Crippen molar-refractivity contribution in [2.24, 2.45) is 0 Å². The molecule has 0 saturated carbocycles. The average Bonchev–Trinajstić information content (AvgIpc) is 2.77. The van der Waals surface area contributed by atoms with Gasteiger partial charge in [0.05, 0.1) is 5.56 Å². The summed E-state index contributed by atoms with van der Waals surface area (Å²) in [5, 5.41) is 17.2. The molecule has 4 nitrogen and oxygen atoms in total. The summed E-state index contributed by atoms with van der Waals surface area (Å²) in [7, 11) is 1.88. The van der Waals surface area contributed by atoms with Crippen LogP contribution in [0, 0.1) is 0 Å². The van der Waals surface area contributed by atoms with E-state index in [1.165, 1.54) is 0 Å². The Balaban J connectivity index is 2.14. The van der Waals surface area contributed by atoms with Gasteiger partial charge in [-0.1, -0.05) is 23.9 Å². The predicted octanol–water partition coefficient (Wildman–Crippen LogP) is 1.52. The fraction of sp³-hybridized carbons (Fsp3) is 0.182. The molecule has 0 amide bonds. The highest BCUT2D eigenvalue weighted by molar-refractivity contribution is 8.03. The highest BCUT2D eigenvalue weighted by Crippen LogP contribution is 2.25. The van der Waals surface area contributed by atoms with E-state index in [9.17, 15) is 4.79 Å². The van der Waals surface area contributed by atoms with Crippen LogP contribution in [-0.2, 0) is 0 Å². The summed E-state index contributed by atoms with van der Waals surface area (Å²) >= 11 is 1.66. The molecule has 0 spiro atoms. The number of nitrogens with one attached hydrogen (secondary N) is 2. The molecule has 3 N–H and O–H groups in total. The van der Waals surface area contributed by atoms with E-state index in [4.69, 9.17) is 5.11 Å². The second-order valence-electron chi connectivity index (χ2n) is 3.36. The minimum atomic E-state index is -0.901. The molecular weight excluding hydrogens is 224 g/mol. The summed E-state index contributed by atoms with van der Waals surface area (Å²) in [4.78, 5) is 10.7. The van der Waals surface area contributed by atoms with Crippen molar-refractivity contribution in [3.63, 3.8) is 0 Å². The van der Waals surface area contributed by atoms with Gasteiger partial charge in [0.2, 0.25) is 0 Å². The molecule has 5 heteroatoms. The van der Waals surface area contributed by atoms with Crippen molar-refractivity contribution < 1.29 is 9.90 Å². The molecule has 0 aromatic heterocycles. The number of thioether (sulfide) groups is 1. The van der Waals surface area contributed by atoms with E-state index in [0.29, 0.717) is 5.56 Å². The summed E-state index contributed by atoms with van der Waals surface area (Å²) in [5.41, 5.74) is 2.51. The van der Waals surface area contributed by atoms with Gasteiger partial charge in [0.1, 0.15) is 5.50 Å². The molecule has 1 aromatic rings. The maximum Gasteiger partial charge on any atom is 0.335 e. The fourth-order valence-electron chi connectivity index (χ4n) is 1.43. The van der Waals surface area contributed by atoms with Crippen LogP contribution >= 0.6 is 11.8 Å². The predicted molar refractivity (Wildman–Crippen MR) is 65.0 cm³/mol. The Kier molecular flexibility index (Phi) is 3.17. The number of carboxylic acid groups (broad SMARTS) is 1. The van der Waals surface area contributed by atoms with Gasteiger partial charge in [0, 0.05) is 5.70 Å². The van der Waals surface area contributed by atoms with Crippen LogP contribution in [0.5, 0.6) is 0 Å². The maximum absolute atomic E-state index is 10.7. The van der Waals surface area contributed by atoms with E-state index in [1.54, 1.807) is 36.0 Å². The van der Waals surface area contributed by atoms with Crippen molar-refractivity contribution in [1.29, 1.82) is 0 Å². The zero-order valence-electron chi connectivity index (χ0n) is 8.73. The number of carbonyl (C=O) groups is 1. The molecule has 1 atom stereocenters. The molecule has 0 bridgehead atoms. The topological polar surface area (TPSA) is 61.4 Å². The first-order valence-electron chi connectivity index (χ1n) is 4.84. The Morgan fingerprint density at radius 1 is 1.44 bits per heavy atom. The van der Waals surface area contributed by atoms with Crippen LogP contribution in [0.15, 0.2) is 29.7 Å². The van der Waals surface area contributed by atoms with Crippen LogP contribution in [0.1, 0.15) is 15.9 Å². The minimum Gasteiger partial charge on any atom is -0.478 e. The van der Waals surface area contributed by atoms with Crippen molar-refractivity contribution in [2.45, 2.75) is 5.50 Å². The molecule has 16 heavy (non-hydrogen) atoms. The third kappa shape index (κ3) is 2.20. The van der Waals surface area contributed by atoms with Crippen molar-refractivity contribution in [3.8, 4) is 0 Å². The zero-order valence-corrected chi connectivity index (χ0v) is 9.54. The van der Waals surface area contributed by atoms with E-state index >= 15 is 0 Å². The molecule has 0 aliphatic carbocycles. The molecule has 0 radical (unpaired) electrons. The van der Waals surface area contributed by atoms with Gasteiger partial charge in [-0.2, -0.15) is 0 Å². The smallest absolute Gasteiger partial charge is 0.335 e. The standard InChI is InChI=1S/C11H12N2O2S/c1-12-11-13-9(6-16-11)7-2-4-8(5-3-7)10(14)15/h2-6,11-13H,1H3,(H,14,15). The van der Waals surface area contributed by atoms with Crippen LogP contribution in [-0.4, -0.2) is 23.6 Å². The molecule has 0 saturated heterocycles. The van der Waals surface area contributed by atoms with Crippen molar-refractivity contribution in [3.05, 3.63) is 40.8 Å². The maximum atomic E-state index is 10.7. The Hall–Kier alpha value is -1.46. The van der Waals surface area contributed by atoms with Crippen molar-refractivity contribution >= 4 is 23.4 Å². The van der Waals surface area contributed by atoms with Gasteiger partial charge in [-0.15, -0.1) is 0 Å². The Morgan fingerprint density at radius 2 is 2.12 bits per heavy atom.